The molecule has 0 unspecified atom stereocenters. The molecule has 0 atom stereocenters. The third kappa shape index (κ3) is 6.88. The minimum absolute atomic E-state index is 0. The Kier molecular flexibility index (Phi) is 11.9. The Bertz CT molecular complexity index is 1470. The molecule has 0 saturated heterocycles. The van der Waals surface area contributed by atoms with Crippen molar-refractivity contribution in [3.63, 3.8) is 0 Å². The van der Waals surface area contributed by atoms with E-state index < -0.39 is 17.4 Å². The summed E-state index contributed by atoms with van der Waals surface area (Å²) in [6.45, 7) is 1.96. The number of benzene rings is 2. The van der Waals surface area contributed by atoms with Crippen LogP contribution in [-0.2, 0) is 4.74 Å². The maximum atomic E-state index is 12.0. The van der Waals surface area contributed by atoms with Crippen molar-refractivity contribution in [2.45, 2.75) is 6.92 Å². The van der Waals surface area contributed by atoms with Crippen molar-refractivity contribution < 1.29 is 54.5 Å². The van der Waals surface area contributed by atoms with E-state index in [1.807, 2.05) is 12.1 Å². The Hall–Kier alpha value is -1.78. The summed E-state index contributed by atoms with van der Waals surface area (Å²) in [5, 5.41) is 9.65. The van der Waals surface area contributed by atoms with Gasteiger partial charge in [-0.3, -0.25) is 9.59 Å². The fraction of sp³-hybridized carbons (Fsp3) is 0.0909. The summed E-state index contributed by atoms with van der Waals surface area (Å²) in [7, 11) is 0. The molecule has 0 amide bonds. The summed E-state index contributed by atoms with van der Waals surface area (Å²) >= 11 is 4.28. The van der Waals surface area contributed by atoms with Crippen molar-refractivity contribution in [2.75, 3.05) is 6.61 Å². The number of carbonyl (C=O) groups excluding carboxylic acids is 1. The number of H-pyrrole nitrogens is 2. The van der Waals surface area contributed by atoms with E-state index >= 15 is 0 Å². The van der Waals surface area contributed by atoms with Crippen LogP contribution < -0.4 is 40.4 Å². The molecule has 0 bridgehead atoms. The molecule has 0 aliphatic carbocycles. The number of carboxylic acids is 1. The number of esters is 1. The van der Waals surface area contributed by atoms with E-state index in [0.717, 1.165) is 12.7 Å². The average molecular weight is 698 g/mol. The van der Waals surface area contributed by atoms with E-state index in [-0.39, 0.29) is 58.2 Å². The van der Waals surface area contributed by atoms with Crippen molar-refractivity contribution in [3.05, 3.63) is 87.5 Å². The molecule has 12 heteroatoms. The van der Waals surface area contributed by atoms with Crippen LogP contribution in [0.1, 0.15) is 27.6 Å². The van der Waals surface area contributed by atoms with Crippen LogP contribution in [0.25, 0.3) is 21.8 Å². The number of carboxylic acid groups (broad SMARTS) is 1. The second-order valence-corrected chi connectivity index (χ2v) is 8.96. The number of aromatic amines is 2. The van der Waals surface area contributed by atoms with Gasteiger partial charge < -0.3 is 25.3 Å². The number of carbonyl (C=O) groups is 2. The van der Waals surface area contributed by atoms with E-state index in [1.165, 1.54) is 12.4 Å². The fourth-order valence-corrected chi connectivity index (χ4v) is 3.89. The Balaban J connectivity index is 0.000000323. The molecular formula is C22H17I2N2NaO7. The second kappa shape index (κ2) is 13.3. The van der Waals surface area contributed by atoms with Gasteiger partial charge in [-0.05, 0) is 88.5 Å². The van der Waals surface area contributed by atoms with Crippen LogP contribution in [0.15, 0.2) is 58.4 Å². The van der Waals surface area contributed by atoms with Gasteiger partial charge >= 0.3 is 41.5 Å². The molecular weight excluding hydrogens is 681 g/mol. The van der Waals surface area contributed by atoms with Gasteiger partial charge in [0.05, 0.1) is 17.6 Å². The fourth-order valence-electron chi connectivity index (χ4n) is 2.91. The molecule has 2 aromatic carbocycles. The molecule has 4 rings (SSSR count). The summed E-state index contributed by atoms with van der Waals surface area (Å²) in [5.41, 5.74) is 0.428. The number of nitrogens with one attached hydrogen (secondary N) is 2. The number of fused-ring (bicyclic) bond motifs is 2. The number of ether oxygens (including phenoxy) is 1. The second-order valence-electron chi connectivity index (χ2n) is 6.47. The monoisotopic (exact) mass is 698 g/mol. The minimum Gasteiger partial charge on any atom is -0.870 e. The maximum Gasteiger partial charge on any atom is 1.00 e. The van der Waals surface area contributed by atoms with E-state index in [4.69, 9.17) is 9.84 Å². The van der Waals surface area contributed by atoms with Crippen LogP contribution in [0.5, 0.6) is 0 Å². The van der Waals surface area contributed by atoms with Gasteiger partial charge in [0.15, 0.2) is 0 Å². The first-order valence-electron chi connectivity index (χ1n) is 9.25. The summed E-state index contributed by atoms with van der Waals surface area (Å²) in [6.07, 6.45) is 2.63. The Morgan fingerprint density at radius 2 is 1.32 bits per heavy atom. The first-order valence-corrected chi connectivity index (χ1v) is 11.4. The summed E-state index contributed by atoms with van der Waals surface area (Å²) in [6, 6.07) is 10.6. The smallest absolute Gasteiger partial charge is 0.870 e. The molecule has 0 aliphatic rings. The van der Waals surface area contributed by atoms with Crippen LogP contribution in [0, 0.1) is 7.14 Å². The number of halogens is 2. The van der Waals surface area contributed by atoms with Gasteiger partial charge in [-0.25, -0.2) is 9.59 Å². The van der Waals surface area contributed by atoms with E-state index in [0.29, 0.717) is 16.3 Å². The largest absolute Gasteiger partial charge is 1.00 e. The van der Waals surface area contributed by atoms with Gasteiger partial charge in [0.25, 0.3) is 0 Å². The zero-order valence-electron chi connectivity index (χ0n) is 18.0. The standard InChI is InChI=1S/C12H10INO3.C10H6INO3.Na.H2O/c1-2-17-12(16)9-6-14-10-5-7(13)3-4-8(10)11(9)15;11-5-1-2-6-8(3-5)12-4-7(9(6)13)10(14)15;;/h3-6H,2H2,1H3,(H,14,15);1-4H,(H,12,13)(H,14,15);;1H2/q;;+1;/p-1. The Morgan fingerprint density at radius 3 is 1.76 bits per heavy atom. The van der Waals surface area contributed by atoms with Gasteiger partial charge in [-0.2, -0.15) is 0 Å². The van der Waals surface area contributed by atoms with Crippen molar-refractivity contribution in [1.82, 2.24) is 9.97 Å². The third-order valence-corrected chi connectivity index (χ3v) is 5.75. The van der Waals surface area contributed by atoms with Crippen molar-refractivity contribution in [1.29, 1.82) is 0 Å². The first kappa shape index (κ1) is 30.3. The van der Waals surface area contributed by atoms with Crippen LogP contribution >= 0.6 is 45.2 Å². The Labute approximate surface area is 242 Å². The van der Waals surface area contributed by atoms with Gasteiger partial charge in [-0.15, -0.1) is 0 Å². The molecule has 0 spiro atoms. The molecule has 34 heavy (non-hydrogen) atoms. The molecule has 2 heterocycles. The van der Waals surface area contributed by atoms with E-state index in [1.54, 1.807) is 31.2 Å². The summed E-state index contributed by atoms with van der Waals surface area (Å²) in [5.74, 6) is -1.80. The molecule has 0 radical (unpaired) electrons. The van der Waals surface area contributed by atoms with Crippen LogP contribution in [-0.4, -0.2) is 39.1 Å². The number of hydrogen-bond acceptors (Lipinski definition) is 6. The molecule has 172 valence electrons. The van der Waals surface area contributed by atoms with Gasteiger partial charge in [-0.1, -0.05) is 0 Å². The van der Waals surface area contributed by atoms with Crippen molar-refractivity contribution in [2.24, 2.45) is 0 Å². The maximum absolute atomic E-state index is 12.0. The topological polar surface area (TPSA) is 159 Å². The van der Waals surface area contributed by atoms with Crippen LogP contribution in [0.2, 0.25) is 0 Å². The molecule has 4 aromatic rings. The SMILES string of the molecule is CCOC(=O)c1c[nH]c2cc(I)ccc2c1=O.O=C(O)c1c[nH]c2cc(I)ccc2c1=O.[Na+].[OH-]. The number of pyridine rings is 2. The quantitative estimate of drug-likeness (QED) is 0.164. The van der Waals surface area contributed by atoms with E-state index in [2.05, 4.69) is 55.1 Å². The normalized spacial score (nSPS) is 9.85. The van der Waals surface area contributed by atoms with Crippen molar-refractivity contribution >= 4 is 78.9 Å². The van der Waals surface area contributed by atoms with Gasteiger partial charge in [0.2, 0.25) is 10.9 Å². The predicted molar refractivity (Wildman–Crippen MR) is 139 cm³/mol. The molecule has 0 fully saturated rings. The van der Waals surface area contributed by atoms with Crippen LogP contribution in [0.4, 0.5) is 0 Å². The number of hydrogen-bond donors (Lipinski definition) is 3. The zero-order valence-corrected chi connectivity index (χ0v) is 24.3. The molecule has 4 N–H and O–H groups in total. The molecule has 0 saturated carbocycles. The molecule has 9 nitrogen and oxygen atoms in total. The van der Waals surface area contributed by atoms with Gasteiger partial charge in [0.1, 0.15) is 11.1 Å². The molecule has 2 aromatic heterocycles. The Morgan fingerprint density at radius 1 is 0.882 bits per heavy atom. The summed E-state index contributed by atoms with van der Waals surface area (Å²) in [4.78, 5) is 51.7. The number of aromatic nitrogens is 2. The van der Waals surface area contributed by atoms with Gasteiger partial charge in [0, 0.05) is 30.3 Å². The minimum atomic E-state index is -1.21. The van der Waals surface area contributed by atoms with Crippen molar-refractivity contribution in [3.8, 4) is 0 Å². The third-order valence-electron chi connectivity index (χ3n) is 4.41. The first-order chi connectivity index (χ1) is 15.2. The van der Waals surface area contributed by atoms with E-state index in [9.17, 15) is 19.2 Å². The average Bonchev–Trinajstić information content (AvgIpc) is 2.74. The predicted octanol–water partition coefficient (Wildman–Crippen LogP) is 0.968. The van der Waals surface area contributed by atoms with Crippen LogP contribution in [0.3, 0.4) is 0 Å². The zero-order chi connectivity index (χ0) is 23.4. The molecule has 0 aliphatic heterocycles. The summed E-state index contributed by atoms with van der Waals surface area (Å²) < 4.78 is 6.83. The number of aromatic carboxylic acids is 1. The number of rotatable bonds is 3.